The van der Waals surface area contributed by atoms with Crippen LogP contribution in [0.1, 0.15) is 11.1 Å². The van der Waals surface area contributed by atoms with Crippen LogP contribution >= 0.6 is 0 Å². The lowest BCUT2D eigenvalue weighted by atomic mass is 10.1. The fraction of sp³-hybridized carbons (Fsp3) is 0.417. The molecule has 2 aromatic carbocycles. The first-order valence-corrected chi connectivity index (χ1v) is 10.4. The maximum Gasteiger partial charge on any atom is 0.249 e. The third kappa shape index (κ3) is 6.80. The highest BCUT2D eigenvalue weighted by Crippen LogP contribution is 2.16. The molecular weight excluding hydrogens is 396 g/mol. The molecule has 1 fully saturated rings. The summed E-state index contributed by atoms with van der Waals surface area (Å²) in [7, 11) is 3.10. The highest BCUT2D eigenvalue weighted by Gasteiger charge is 2.30. The van der Waals surface area contributed by atoms with Crippen molar-refractivity contribution in [2.75, 3.05) is 47.0 Å². The smallest absolute Gasteiger partial charge is 0.249 e. The van der Waals surface area contributed by atoms with E-state index in [9.17, 15) is 9.59 Å². The van der Waals surface area contributed by atoms with Crippen molar-refractivity contribution < 1.29 is 23.8 Å². The fourth-order valence-corrected chi connectivity index (χ4v) is 3.59. The Morgan fingerprint density at radius 3 is 2.55 bits per heavy atom. The molecule has 1 saturated heterocycles. The molecule has 1 aliphatic heterocycles. The van der Waals surface area contributed by atoms with Crippen molar-refractivity contribution >= 4 is 11.8 Å². The average Bonchev–Trinajstić information content (AvgIpc) is 2.96. The van der Waals surface area contributed by atoms with E-state index in [0.717, 1.165) is 17.7 Å². The van der Waals surface area contributed by atoms with E-state index in [-0.39, 0.29) is 31.1 Å². The van der Waals surface area contributed by atoms with Gasteiger partial charge in [0.05, 0.1) is 26.4 Å². The summed E-state index contributed by atoms with van der Waals surface area (Å²) in [6.45, 7) is 1.71. The largest absolute Gasteiger partial charge is 0.497 e. The lowest BCUT2D eigenvalue weighted by Crippen LogP contribution is -2.41. The molecule has 0 aromatic heterocycles. The van der Waals surface area contributed by atoms with Gasteiger partial charge >= 0.3 is 0 Å². The van der Waals surface area contributed by atoms with Gasteiger partial charge in [-0.25, -0.2) is 0 Å². The minimum absolute atomic E-state index is 0.0377. The molecule has 1 unspecified atom stereocenters. The van der Waals surface area contributed by atoms with Gasteiger partial charge in [0.15, 0.2) is 0 Å². The molecule has 166 valence electrons. The van der Waals surface area contributed by atoms with E-state index in [4.69, 9.17) is 14.2 Å². The Hall–Kier alpha value is -2.90. The second-order valence-electron chi connectivity index (χ2n) is 7.57. The summed E-state index contributed by atoms with van der Waals surface area (Å²) in [6, 6.07) is 17.7. The van der Waals surface area contributed by atoms with Gasteiger partial charge in [0, 0.05) is 26.7 Å². The van der Waals surface area contributed by atoms with Gasteiger partial charge in [-0.1, -0.05) is 42.5 Å². The topological polar surface area (TPSA) is 68.3 Å². The second-order valence-corrected chi connectivity index (χ2v) is 7.57. The number of amides is 2. The van der Waals surface area contributed by atoms with Gasteiger partial charge in [-0.3, -0.25) is 9.59 Å². The quantitative estimate of drug-likeness (QED) is 0.615. The zero-order valence-electron chi connectivity index (χ0n) is 18.2. The molecule has 0 bridgehead atoms. The summed E-state index contributed by atoms with van der Waals surface area (Å²) in [4.78, 5) is 28.6. The normalized spacial score (nSPS) is 16.8. The number of carbonyl (C=O) groups excluding carboxylic acids is 2. The van der Waals surface area contributed by atoms with E-state index in [1.807, 2.05) is 54.6 Å². The third-order valence-corrected chi connectivity index (χ3v) is 5.28. The van der Waals surface area contributed by atoms with Gasteiger partial charge in [-0.15, -0.1) is 0 Å². The second kappa shape index (κ2) is 11.5. The number of hydrogen-bond donors (Lipinski definition) is 0. The maximum absolute atomic E-state index is 12.9. The summed E-state index contributed by atoms with van der Waals surface area (Å²) in [5, 5.41) is 0. The molecule has 31 heavy (non-hydrogen) atoms. The van der Waals surface area contributed by atoms with Crippen LogP contribution in [0, 0.1) is 0 Å². The highest BCUT2D eigenvalue weighted by molar-refractivity contribution is 5.86. The molecule has 7 heteroatoms. The number of nitrogens with zero attached hydrogens (tertiary/aromatic N) is 2. The minimum atomic E-state index is -0.297. The first-order valence-electron chi connectivity index (χ1n) is 10.4. The summed E-state index contributed by atoms with van der Waals surface area (Å²) >= 11 is 0. The highest BCUT2D eigenvalue weighted by atomic mass is 16.5. The van der Waals surface area contributed by atoms with Crippen LogP contribution in [0.3, 0.4) is 0 Å². The third-order valence-electron chi connectivity index (χ3n) is 5.28. The van der Waals surface area contributed by atoms with Crippen LogP contribution in [0.2, 0.25) is 0 Å². The molecule has 2 amide bonds. The van der Waals surface area contributed by atoms with Crippen molar-refractivity contribution in [1.29, 1.82) is 0 Å². The Morgan fingerprint density at radius 1 is 1.03 bits per heavy atom. The average molecular weight is 427 g/mol. The van der Waals surface area contributed by atoms with E-state index in [1.165, 1.54) is 17.6 Å². The molecule has 1 atom stereocenters. The summed E-state index contributed by atoms with van der Waals surface area (Å²) < 4.78 is 16.4. The van der Waals surface area contributed by atoms with E-state index in [1.54, 1.807) is 12.0 Å². The molecule has 0 saturated carbocycles. The molecule has 7 nitrogen and oxygen atoms in total. The Labute approximate surface area is 183 Å². The van der Waals surface area contributed by atoms with Gasteiger partial charge in [-0.2, -0.15) is 0 Å². The predicted octanol–water partition coefficient (Wildman–Crippen LogP) is 2.14. The first kappa shape index (κ1) is 22.8. The van der Waals surface area contributed by atoms with Gasteiger partial charge < -0.3 is 24.0 Å². The SMILES string of the molecule is COCC(=O)N1CC(=O)N(CCc2ccccc2)CC(OCc2cccc(OC)c2)C1. The Morgan fingerprint density at radius 2 is 1.81 bits per heavy atom. The van der Waals surface area contributed by atoms with E-state index < -0.39 is 0 Å². The summed E-state index contributed by atoms with van der Waals surface area (Å²) in [6.07, 6.45) is 0.454. The summed E-state index contributed by atoms with van der Waals surface area (Å²) in [5.74, 6) is 0.474. The maximum atomic E-state index is 12.9. The fourth-order valence-electron chi connectivity index (χ4n) is 3.59. The van der Waals surface area contributed by atoms with Crippen molar-refractivity contribution in [3.8, 4) is 5.75 Å². The van der Waals surface area contributed by atoms with E-state index >= 15 is 0 Å². The Kier molecular flexibility index (Phi) is 8.44. The lowest BCUT2D eigenvalue weighted by Gasteiger charge is -2.25. The molecule has 2 aromatic rings. The van der Waals surface area contributed by atoms with Gasteiger partial charge in [0.25, 0.3) is 0 Å². The number of ether oxygens (including phenoxy) is 3. The minimum Gasteiger partial charge on any atom is -0.497 e. The van der Waals surface area contributed by atoms with Crippen molar-refractivity contribution in [2.24, 2.45) is 0 Å². The van der Waals surface area contributed by atoms with Crippen LogP contribution in [0.25, 0.3) is 0 Å². The van der Waals surface area contributed by atoms with E-state index in [0.29, 0.717) is 26.2 Å². The number of carbonyl (C=O) groups is 2. The van der Waals surface area contributed by atoms with Crippen LogP contribution in [-0.4, -0.2) is 74.7 Å². The Bertz CT molecular complexity index is 858. The molecule has 3 rings (SSSR count). The lowest BCUT2D eigenvalue weighted by molar-refractivity contribution is -0.141. The number of benzene rings is 2. The Balaban J connectivity index is 1.69. The molecule has 0 aliphatic carbocycles. The number of methoxy groups -OCH3 is 2. The first-order chi connectivity index (χ1) is 15.1. The van der Waals surface area contributed by atoms with Crippen molar-refractivity contribution in [3.05, 3.63) is 65.7 Å². The van der Waals surface area contributed by atoms with Crippen molar-refractivity contribution in [1.82, 2.24) is 9.80 Å². The van der Waals surface area contributed by atoms with Crippen LogP contribution in [0.5, 0.6) is 5.75 Å². The molecule has 0 radical (unpaired) electrons. The number of hydrogen-bond acceptors (Lipinski definition) is 5. The van der Waals surface area contributed by atoms with Crippen molar-refractivity contribution in [3.63, 3.8) is 0 Å². The van der Waals surface area contributed by atoms with Gasteiger partial charge in [0.1, 0.15) is 12.4 Å². The standard InChI is InChI=1S/C24H30N2O5/c1-29-18-24(28)26-15-22(31-17-20-9-6-10-21(13-20)30-2)14-25(23(27)16-26)12-11-19-7-4-3-5-8-19/h3-10,13,22H,11-12,14-18H2,1-2H3. The van der Waals surface area contributed by atoms with Crippen LogP contribution in [0.4, 0.5) is 0 Å². The van der Waals surface area contributed by atoms with Crippen molar-refractivity contribution in [2.45, 2.75) is 19.1 Å². The summed E-state index contributed by atoms with van der Waals surface area (Å²) in [5.41, 5.74) is 2.14. The van der Waals surface area contributed by atoms with Gasteiger partial charge in [-0.05, 0) is 29.7 Å². The van der Waals surface area contributed by atoms with Crippen LogP contribution < -0.4 is 4.74 Å². The number of rotatable bonds is 9. The molecule has 0 N–H and O–H groups in total. The molecule has 1 aliphatic rings. The predicted molar refractivity (Wildman–Crippen MR) is 117 cm³/mol. The van der Waals surface area contributed by atoms with Gasteiger partial charge in [0.2, 0.25) is 11.8 Å². The zero-order chi connectivity index (χ0) is 22.1. The monoisotopic (exact) mass is 426 g/mol. The molecule has 0 spiro atoms. The van der Waals surface area contributed by atoms with E-state index in [2.05, 4.69) is 0 Å². The zero-order valence-corrected chi connectivity index (χ0v) is 18.2. The molecule has 1 heterocycles. The van der Waals surface area contributed by atoms with Crippen LogP contribution in [0.15, 0.2) is 54.6 Å². The molecular formula is C24H30N2O5. The van der Waals surface area contributed by atoms with Crippen LogP contribution in [-0.2, 0) is 32.1 Å².